The number of carbonyl (C=O) groups is 1. The van der Waals surface area contributed by atoms with Gasteiger partial charge in [-0.2, -0.15) is 0 Å². The highest BCUT2D eigenvalue weighted by molar-refractivity contribution is 7.92. The Bertz CT molecular complexity index is 816. The number of aromatic carboxylic acids is 1. The fraction of sp³-hybridized carbons (Fsp3) is 0.133. The number of nitrogens with zero attached hydrogens (tertiary/aromatic N) is 1. The van der Waals surface area contributed by atoms with E-state index in [1.807, 2.05) is 0 Å². The Morgan fingerprint density at radius 1 is 1.14 bits per heavy atom. The zero-order chi connectivity index (χ0) is 16.5. The van der Waals surface area contributed by atoms with Crippen molar-refractivity contribution in [1.29, 1.82) is 0 Å². The number of sulfonamides is 1. The predicted octanol–water partition coefficient (Wildman–Crippen LogP) is 2.66. The van der Waals surface area contributed by atoms with Crippen molar-refractivity contribution in [2.75, 3.05) is 11.4 Å². The first-order valence-electron chi connectivity index (χ1n) is 6.32. The molecule has 0 amide bonds. The van der Waals surface area contributed by atoms with Crippen LogP contribution in [0.25, 0.3) is 0 Å². The Morgan fingerprint density at radius 2 is 1.73 bits per heavy atom. The molecule has 0 radical (unpaired) electrons. The number of anilines is 1. The maximum absolute atomic E-state index is 14.1. The quantitative estimate of drug-likeness (QED) is 0.938. The van der Waals surface area contributed by atoms with Gasteiger partial charge in [-0.05, 0) is 42.8 Å². The van der Waals surface area contributed by atoms with Crippen LogP contribution in [0.4, 0.5) is 10.1 Å². The third-order valence-corrected chi connectivity index (χ3v) is 5.08. The van der Waals surface area contributed by atoms with Gasteiger partial charge in [-0.15, -0.1) is 0 Å². The van der Waals surface area contributed by atoms with E-state index in [0.29, 0.717) is 0 Å². The summed E-state index contributed by atoms with van der Waals surface area (Å²) in [7, 11) is -2.78. The molecular weight excluding hydrogens is 309 g/mol. The minimum absolute atomic E-state index is 0.0382. The molecule has 0 aliphatic carbocycles. The molecular formula is C15H14FNO4S. The maximum Gasteiger partial charge on any atom is 0.335 e. The van der Waals surface area contributed by atoms with Gasteiger partial charge in [0.1, 0.15) is 10.7 Å². The van der Waals surface area contributed by atoms with E-state index in [-0.39, 0.29) is 16.8 Å². The van der Waals surface area contributed by atoms with Crippen LogP contribution in [-0.2, 0) is 10.0 Å². The van der Waals surface area contributed by atoms with Crippen molar-refractivity contribution >= 4 is 21.7 Å². The number of aryl methyl sites for hydroxylation is 1. The molecule has 22 heavy (non-hydrogen) atoms. The molecule has 0 aliphatic rings. The SMILES string of the molecule is Cc1cccc(S(=O)(=O)N(C)c2ccc(C(=O)O)cc2)c1F. The van der Waals surface area contributed by atoms with Crippen LogP contribution in [0.2, 0.25) is 0 Å². The van der Waals surface area contributed by atoms with Crippen LogP contribution in [0.1, 0.15) is 15.9 Å². The van der Waals surface area contributed by atoms with E-state index < -0.39 is 26.7 Å². The van der Waals surface area contributed by atoms with Gasteiger partial charge in [0.15, 0.2) is 0 Å². The molecule has 2 aromatic carbocycles. The van der Waals surface area contributed by atoms with Crippen LogP contribution in [0.3, 0.4) is 0 Å². The lowest BCUT2D eigenvalue weighted by molar-refractivity contribution is 0.0697. The molecule has 0 saturated carbocycles. The Kier molecular flexibility index (Phi) is 4.18. The zero-order valence-corrected chi connectivity index (χ0v) is 12.8. The van der Waals surface area contributed by atoms with Crippen LogP contribution < -0.4 is 4.31 Å². The van der Waals surface area contributed by atoms with Crippen LogP contribution in [0, 0.1) is 12.7 Å². The summed E-state index contributed by atoms with van der Waals surface area (Å²) < 4.78 is 40.0. The van der Waals surface area contributed by atoms with Gasteiger partial charge < -0.3 is 5.11 Å². The molecule has 7 heteroatoms. The fourth-order valence-corrected chi connectivity index (χ4v) is 3.25. The topological polar surface area (TPSA) is 74.7 Å². The number of rotatable bonds is 4. The van der Waals surface area contributed by atoms with Crippen LogP contribution in [0.15, 0.2) is 47.4 Å². The van der Waals surface area contributed by atoms with Crippen molar-refractivity contribution in [3.05, 3.63) is 59.4 Å². The van der Waals surface area contributed by atoms with Gasteiger partial charge >= 0.3 is 5.97 Å². The highest BCUT2D eigenvalue weighted by atomic mass is 32.2. The summed E-state index contributed by atoms with van der Waals surface area (Å²) in [5.74, 6) is -1.90. The summed E-state index contributed by atoms with van der Waals surface area (Å²) >= 11 is 0. The minimum Gasteiger partial charge on any atom is -0.478 e. The van der Waals surface area contributed by atoms with Crippen molar-refractivity contribution in [3.63, 3.8) is 0 Å². The van der Waals surface area contributed by atoms with Gasteiger partial charge in [0.2, 0.25) is 0 Å². The monoisotopic (exact) mass is 323 g/mol. The largest absolute Gasteiger partial charge is 0.478 e. The average Bonchev–Trinajstić information content (AvgIpc) is 2.49. The maximum atomic E-state index is 14.1. The molecule has 0 unspecified atom stereocenters. The summed E-state index contributed by atoms with van der Waals surface area (Å²) in [6.45, 7) is 1.48. The van der Waals surface area contributed by atoms with Gasteiger partial charge in [0, 0.05) is 7.05 Å². The van der Waals surface area contributed by atoms with Crippen molar-refractivity contribution in [1.82, 2.24) is 0 Å². The minimum atomic E-state index is -4.07. The number of benzene rings is 2. The van der Waals surface area contributed by atoms with Crippen LogP contribution in [0.5, 0.6) is 0 Å². The Labute approximate surface area is 127 Å². The Hall–Kier alpha value is -2.41. The second-order valence-corrected chi connectivity index (χ2v) is 6.65. The number of hydrogen-bond acceptors (Lipinski definition) is 3. The number of hydrogen-bond donors (Lipinski definition) is 1. The van der Waals surface area contributed by atoms with Gasteiger partial charge in [-0.1, -0.05) is 12.1 Å². The lowest BCUT2D eigenvalue weighted by Gasteiger charge is -2.20. The molecule has 0 fully saturated rings. The molecule has 0 aromatic heterocycles. The molecule has 0 bridgehead atoms. The lowest BCUT2D eigenvalue weighted by atomic mass is 10.2. The van der Waals surface area contributed by atoms with Crippen molar-refractivity contribution in [3.8, 4) is 0 Å². The second kappa shape index (κ2) is 5.76. The van der Waals surface area contributed by atoms with E-state index >= 15 is 0 Å². The summed E-state index contributed by atoms with van der Waals surface area (Å²) in [4.78, 5) is 10.4. The first kappa shape index (κ1) is 16.0. The Morgan fingerprint density at radius 3 is 2.27 bits per heavy atom. The van der Waals surface area contributed by atoms with Gasteiger partial charge in [-0.3, -0.25) is 4.31 Å². The molecule has 5 nitrogen and oxygen atoms in total. The average molecular weight is 323 g/mol. The lowest BCUT2D eigenvalue weighted by Crippen LogP contribution is -2.27. The van der Waals surface area contributed by atoms with Gasteiger partial charge in [0.25, 0.3) is 10.0 Å². The Balaban J connectivity index is 2.45. The molecule has 2 aromatic rings. The normalized spacial score (nSPS) is 11.2. The molecule has 2 rings (SSSR count). The second-order valence-electron chi connectivity index (χ2n) is 4.71. The third kappa shape index (κ3) is 2.80. The van der Waals surface area contributed by atoms with Crippen molar-refractivity contribution < 1.29 is 22.7 Å². The molecule has 1 N–H and O–H groups in total. The number of halogens is 1. The van der Waals surface area contributed by atoms with E-state index in [2.05, 4.69) is 0 Å². The van der Waals surface area contributed by atoms with Gasteiger partial charge in [-0.25, -0.2) is 17.6 Å². The van der Waals surface area contributed by atoms with E-state index in [0.717, 1.165) is 4.31 Å². The van der Waals surface area contributed by atoms with Gasteiger partial charge in [0.05, 0.1) is 11.3 Å². The third-order valence-electron chi connectivity index (χ3n) is 3.27. The van der Waals surface area contributed by atoms with Crippen molar-refractivity contribution in [2.45, 2.75) is 11.8 Å². The highest BCUT2D eigenvalue weighted by Crippen LogP contribution is 2.25. The molecule has 0 atom stereocenters. The van der Waals surface area contributed by atoms with Crippen LogP contribution in [-0.4, -0.2) is 26.5 Å². The van der Waals surface area contributed by atoms with E-state index in [9.17, 15) is 17.6 Å². The highest BCUT2D eigenvalue weighted by Gasteiger charge is 2.25. The molecule has 0 aliphatic heterocycles. The van der Waals surface area contributed by atoms with E-state index in [4.69, 9.17) is 5.11 Å². The van der Waals surface area contributed by atoms with Crippen molar-refractivity contribution in [2.24, 2.45) is 0 Å². The molecule has 0 heterocycles. The molecule has 0 saturated heterocycles. The standard InChI is InChI=1S/C15H14FNO4S/c1-10-4-3-5-13(14(10)16)22(20,21)17(2)12-8-6-11(7-9-12)15(18)19/h3-9H,1-2H3,(H,18,19). The van der Waals surface area contributed by atoms with E-state index in [1.54, 1.807) is 0 Å². The zero-order valence-electron chi connectivity index (χ0n) is 11.9. The summed E-state index contributed by atoms with van der Waals surface area (Å²) in [5, 5.41) is 8.84. The molecule has 0 spiro atoms. The first-order valence-corrected chi connectivity index (χ1v) is 7.76. The number of carboxylic acid groups (broad SMARTS) is 1. The van der Waals surface area contributed by atoms with E-state index in [1.165, 1.54) is 56.4 Å². The predicted molar refractivity (Wildman–Crippen MR) is 80.1 cm³/mol. The summed E-state index contributed by atoms with van der Waals surface area (Å²) in [6.07, 6.45) is 0. The first-order chi connectivity index (χ1) is 10.2. The smallest absolute Gasteiger partial charge is 0.335 e. The summed E-state index contributed by atoms with van der Waals surface area (Å²) in [5.41, 5.74) is 0.512. The summed E-state index contributed by atoms with van der Waals surface area (Å²) in [6, 6.07) is 9.43. The number of carboxylic acids is 1. The van der Waals surface area contributed by atoms with Crippen LogP contribution >= 0.6 is 0 Å². The molecule has 116 valence electrons. The fourth-order valence-electron chi connectivity index (χ4n) is 1.92.